The van der Waals surface area contributed by atoms with Crippen LogP contribution >= 0.6 is 0 Å². The number of hydrogen-bond acceptors (Lipinski definition) is 3. The molecule has 2 aromatic carbocycles. The van der Waals surface area contributed by atoms with Crippen LogP contribution in [-0.4, -0.2) is 47.2 Å². The van der Waals surface area contributed by atoms with E-state index < -0.39 is 0 Å². The van der Waals surface area contributed by atoms with E-state index in [2.05, 4.69) is 27.5 Å². The van der Waals surface area contributed by atoms with Crippen molar-refractivity contribution in [2.24, 2.45) is 5.41 Å². The second-order valence-corrected chi connectivity index (χ2v) is 9.33. The lowest BCUT2D eigenvalue weighted by Gasteiger charge is -2.51. The van der Waals surface area contributed by atoms with Crippen LogP contribution in [0, 0.1) is 11.2 Å². The van der Waals surface area contributed by atoms with Crippen molar-refractivity contribution in [3.8, 4) is 11.1 Å². The molecule has 2 fully saturated rings. The summed E-state index contributed by atoms with van der Waals surface area (Å²) in [5.74, 6) is -0.329. The molecule has 0 bridgehead atoms. The number of likely N-dealkylation sites (tertiary alicyclic amines) is 1. The topological polar surface area (TPSA) is 61.0 Å². The average molecular weight is 421 g/mol. The summed E-state index contributed by atoms with van der Waals surface area (Å²) in [5.41, 5.74) is 4.08. The number of carbonyl (C=O) groups is 1. The van der Waals surface area contributed by atoms with Gasteiger partial charge in [0.1, 0.15) is 5.82 Å². The average Bonchev–Trinajstić information content (AvgIpc) is 3.17. The van der Waals surface area contributed by atoms with E-state index in [1.165, 1.54) is 18.9 Å². The molecule has 0 radical (unpaired) electrons. The number of nitrogens with zero attached hydrogens (tertiary/aromatic N) is 2. The maximum absolute atomic E-state index is 14.3. The number of rotatable bonds is 4. The zero-order chi connectivity index (χ0) is 21.6. The molecular formula is C25H29FN4O. The number of aromatic amines is 1. The molecule has 1 saturated carbocycles. The molecule has 3 aromatic rings. The molecule has 1 aliphatic heterocycles. The van der Waals surface area contributed by atoms with Crippen LogP contribution in [0.15, 0.2) is 36.4 Å². The van der Waals surface area contributed by atoms with Gasteiger partial charge in [-0.05, 0) is 92.5 Å². The third-order valence-electron chi connectivity index (χ3n) is 7.30. The Balaban J connectivity index is 1.36. The van der Waals surface area contributed by atoms with Gasteiger partial charge in [0.25, 0.3) is 5.91 Å². The predicted molar refractivity (Wildman–Crippen MR) is 121 cm³/mol. The minimum atomic E-state index is -0.196. The van der Waals surface area contributed by atoms with Crippen LogP contribution in [0.3, 0.4) is 0 Å². The molecule has 31 heavy (non-hydrogen) atoms. The fourth-order valence-electron chi connectivity index (χ4n) is 5.39. The summed E-state index contributed by atoms with van der Waals surface area (Å²) in [5, 5.41) is 11.2. The number of hydrogen-bond donors (Lipinski definition) is 2. The first-order valence-corrected chi connectivity index (χ1v) is 11.2. The summed E-state index contributed by atoms with van der Waals surface area (Å²) in [7, 11) is 2.18. The second-order valence-electron chi connectivity index (χ2n) is 9.33. The van der Waals surface area contributed by atoms with Gasteiger partial charge in [-0.15, -0.1) is 0 Å². The Bertz CT molecular complexity index is 1120. The third-order valence-corrected chi connectivity index (χ3v) is 7.30. The monoisotopic (exact) mass is 420 g/mol. The molecule has 2 heterocycles. The summed E-state index contributed by atoms with van der Waals surface area (Å²) >= 11 is 0. The Morgan fingerprint density at radius 2 is 2.03 bits per heavy atom. The molecule has 1 aliphatic carbocycles. The maximum Gasteiger partial charge on any atom is 0.272 e. The minimum absolute atomic E-state index is 0.133. The standard InChI is InChI=1S/C25H29FN4O/c1-3-18-19(5-4-6-21(18)26)16-7-8-22-20(13-16)23(29-28-22)24(31)27-17-14-25(15-17)9-11-30(2)12-10-25/h4-8,13,17H,3,9-12,14-15H2,1-2H3,(H,27,31)(H,28,29). The molecule has 1 amide bonds. The number of carbonyl (C=O) groups excluding carboxylic acids is 1. The van der Waals surface area contributed by atoms with Gasteiger partial charge >= 0.3 is 0 Å². The molecular weight excluding hydrogens is 391 g/mol. The van der Waals surface area contributed by atoms with Gasteiger partial charge in [-0.2, -0.15) is 5.10 Å². The van der Waals surface area contributed by atoms with Gasteiger partial charge in [-0.1, -0.05) is 25.1 Å². The van der Waals surface area contributed by atoms with Crippen molar-refractivity contribution in [3.63, 3.8) is 0 Å². The summed E-state index contributed by atoms with van der Waals surface area (Å²) in [6.45, 7) is 4.24. The summed E-state index contributed by atoms with van der Waals surface area (Å²) in [6, 6.07) is 11.2. The summed E-state index contributed by atoms with van der Waals surface area (Å²) in [4.78, 5) is 15.4. The first-order chi connectivity index (χ1) is 15.0. The lowest BCUT2D eigenvalue weighted by Crippen LogP contribution is -2.54. The number of nitrogens with one attached hydrogen (secondary N) is 2. The molecule has 5 rings (SSSR count). The van der Waals surface area contributed by atoms with Gasteiger partial charge < -0.3 is 10.2 Å². The minimum Gasteiger partial charge on any atom is -0.348 e. The van der Waals surface area contributed by atoms with Gasteiger partial charge in [0.15, 0.2) is 5.69 Å². The first-order valence-electron chi connectivity index (χ1n) is 11.2. The van der Waals surface area contributed by atoms with Crippen molar-refractivity contribution in [2.75, 3.05) is 20.1 Å². The second kappa shape index (κ2) is 7.75. The van der Waals surface area contributed by atoms with Crippen molar-refractivity contribution in [1.29, 1.82) is 0 Å². The molecule has 1 spiro atoms. The molecule has 2 N–H and O–H groups in total. The van der Waals surface area contributed by atoms with Gasteiger partial charge in [-0.3, -0.25) is 9.89 Å². The highest BCUT2D eigenvalue weighted by Crippen LogP contribution is 2.49. The molecule has 0 unspecified atom stereocenters. The van der Waals surface area contributed by atoms with E-state index in [-0.39, 0.29) is 17.8 Å². The van der Waals surface area contributed by atoms with E-state index in [1.807, 2.05) is 31.2 Å². The molecule has 5 nitrogen and oxygen atoms in total. The lowest BCUT2D eigenvalue weighted by atomic mass is 9.60. The van der Waals surface area contributed by atoms with E-state index in [9.17, 15) is 9.18 Å². The third kappa shape index (κ3) is 3.63. The highest BCUT2D eigenvalue weighted by molar-refractivity contribution is 6.05. The molecule has 6 heteroatoms. The first kappa shape index (κ1) is 20.2. The van der Waals surface area contributed by atoms with Crippen LogP contribution in [0.25, 0.3) is 22.0 Å². The lowest BCUT2D eigenvalue weighted by molar-refractivity contribution is 0.0138. The normalized spacial score (nSPS) is 18.9. The predicted octanol–water partition coefficient (Wildman–Crippen LogP) is 4.54. The Hall–Kier alpha value is -2.73. The maximum atomic E-state index is 14.3. The smallest absolute Gasteiger partial charge is 0.272 e. The van der Waals surface area contributed by atoms with Crippen LogP contribution in [0.2, 0.25) is 0 Å². The van der Waals surface area contributed by atoms with Crippen LogP contribution in [0.5, 0.6) is 0 Å². The fraction of sp³-hybridized carbons (Fsp3) is 0.440. The summed E-state index contributed by atoms with van der Waals surface area (Å²) in [6.07, 6.45) is 5.17. The molecule has 2 aliphatic rings. The Morgan fingerprint density at radius 1 is 1.26 bits per heavy atom. The molecule has 0 atom stereocenters. The van der Waals surface area contributed by atoms with Gasteiger partial charge in [0, 0.05) is 11.4 Å². The number of benzene rings is 2. The Morgan fingerprint density at radius 3 is 2.77 bits per heavy atom. The van der Waals surface area contributed by atoms with Crippen molar-refractivity contribution in [2.45, 2.75) is 45.1 Å². The molecule has 162 valence electrons. The van der Waals surface area contributed by atoms with E-state index in [0.29, 0.717) is 23.1 Å². The van der Waals surface area contributed by atoms with Gasteiger partial charge in [0.2, 0.25) is 0 Å². The number of amides is 1. The quantitative estimate of drug-likeness (QED) is 0.652. The Labute approximate surface area is 182 Å². The van der Waals surface area contributed by atoms with Crippen LogP contribution in [-0.2, 0) is 6.42 Å². The number of halogens is 1. The van der Waals surface area contributed by atoms with Gasteiger partial charge in [-0.25, -0.2) is 4.39 Å². The fourth-order valence-corrected chi connectivity index (χ4v) is 5.39. The molecule has 1 aromatic heterocycles. The van der Waals surface area contributed by atoms with Crippen molar-refractivity contribution < 1.29 is 9.18 Å². The van der Waals surface area contributed by atoms with E-state index in [0.717, 1.165) is 48.0 Å². The summed E-state index contributed by atoms with van der Waals surface area (Å²) < 4.78 is 14.3. The van der Waals surface area contributed by atoms with Gasteiger partial charge in [0.05, 0.1) is 5.52 Å². The van der Waals surface area contributed by atoms with Crippen molar-refractivity contribution >= 4 is 16.8 Å². The number of H-pyrrole nitrogens is 1. The van der Waals surface area contributed by atoms with Crippen LogP contribution < -0.4 is 5.32 Å². The van der Waals surface area contributed by atoms with E-state index in [4.69, 9.17) is 0 Å². The van der Waals surface area contributed by atoms with Crippen LogP contribution in [0.4, 0.5) is 4.39 Å². The van der Waals surface area contributed by atoms with Crippen molar-refractivity contribution in [1.82, 2.24) is 20.4 Å². The largest absolute Gasteiger partial charge is 0.348 e. The zero-order valence-electron chi connectivity index (χ0n) is 18.2. The number of piperidine rings is 1. The number of aromatic nitrogens is 2. The highest BCUT2D eigenvalue weighted by Gasteiger charge is 2.46. The van der Waals surface area contributed by atoms with Crippen LogP contribution in [0.1, 0.15) is 48.7 Å². The molecule has 1 saturated heterocycles. The SMILES string of the molecule is CCc1c(F)cccc1-c1ccc2[nH]nc(C(=O)NC3CC4(CCN(C)CC4)C3)c2c1. The van der Waals surface area contributed by atoms with E-state index in [1.54, 1.807) is 6.07 Å². The van der Waals surface area contributed by atoms with Crippen molar-refractivity contribution in [3.05, 3.63) is 53.5 Å². The highest BCUT2D eigenvalue weighted by atomic mass is 19.1. The number of fused-ring (bicyclic) bond motifs is 1. The Kier molecular flexibility index (Phi) is 5.05. The zero-order valence-corrected chi connectivity index (χ0v) is 18.2. The van der Waals surface area contributed by atoms with E-state index >= 15 is 0 Å².